The number of methoxy groups -OCH3 is 1. The smallest absolute Gasteiger partial charge is 0.119 e. The molecule has 1 atom stereocenters. The summed E-state index contributed by atoms with van der Waals surface area (Å²) in [5, 5.41) is 10.0. The first-order valence-corrected chi connectivity index (χ1v) is 6.72. The van der Waals surface area contributed by atoms with E-state index in [1.54, 1.807) is 7.11 Å². The van der Waals surface area contributed by atoms with E-state index in [0.29, 0.717) is 6.42 Å². The van der Waals surface area contributed by atoms with Crippen molar-refractivity contribution >= 4 is 0 Å². The highest BCUT2D eigenvalue weighted by Gasteiger charge is 2.08. The van der Waals surface area contributed by atoms with Gasteiger partial charge in [0.2, 0.25) is 0 Å². The number of rotatable bonds is 8. The first kappa shape index (κ1) is 15.0. The Balaban J connectivity index is 2.41. The summed E-state index contributed by atoms with van der Waals surface area (Å²) in [7, 11) is 1.66. The van der Waals surface area contributed by atoms with E-state index in [9.17, 15) is 5.11 Å². The summed E-state index contributed by atoms with van der Waals surface area (Å²) in [5.41, 5.74) is 1.13. The average molecular weight is 251 g/mol. The summed E-state index contributed by atoms with van der Waals surface area (Å²) in [4.78, 5) is 2.33. The van der Waals surface area contributed by atoms with Crippen LogP contribution in [-0.2, 0) is 6.42 Å². The van der Waals surface area contributed by atoms with Crippen LogP contribution in [0.1, 0.15) is 25.8 Å². The fraction of sp³-hybridized carbons (Fsp3) is 0.600. The van der Waals surface area contributed by atoms with Crippen LogP contribution in [0, 0.1) is 0 Å². The summed E-state index contributed by atoms with van der Waals surface area (Å²) < 4.78 is 5.18. The first-order valence-electron chi connectivity index (χ1n) is 6.72. The molecule has 3 nitrogen and oxygen atoms in total. The van der Waals surface area contributed by atoms with Crippen molar-refractivity contribution in [3.8, 4) is 5.75 Å². The van der Waals surface area contributed by atoms with E-state index in [1.807, 2.05) is 24.3 Å². The second-order valence-corrected chi connectivity index (χ2v) is 4.53. The molecule has 0 amide bonds. The van der Waals surface area contributed by atoms with Crippen molar-refractivity contribution in [1.82, 2.24) is 4.90 Å². The van der Waals surface area contributed by atoms with E-state index in [1.165, 1.54) is 0 Å². The molecule has 1 N–H and O–H groups in total. The number of aliphatic hydroxyl groups is 1. The first-order chi connectivity index (χ1) is 8.69. The standard InChI is InChI=1S/C15H25NO2/c1-4-16(5-2)10-9-14(17)11-13-7-6-8-15(12-13)18-3/h6-8,12,14,17H,4-5,9-11H2,1-3H3. The van der Waals surface area contributed by atoms with Crippen LogP contribution in [0.15, 0.2) is 24.3 Å². The van der Waals surface area contributed by atoms with Gasteiger partial charge >= 0.3 is 0 Å². The molecule has 102 valence electrons. The van der Waals surface area contributed by atoms with Crippen LogP contribution in [0.5, 0.6) is 5.75 Å². The quantitative estimate of drug-likeness (QED) is 0.769. The number of aliphatic hydroxyl groups excluding tert-OH is 1. The lowest BCUT2D eigenvalue weighted by Gasteiger charge is -2.20. The zero-order valence-electron chi connectivity index (χ0n) is 11.7. The molecule has 0 heterocycles. The molecule has 1 rings (SSSR count). The molecule has 1 unspecified atom stereocenters. The van der Waals surface area contributed by atoms with Crippen LogP contribution < -0.4 is 4.74 Å². The minimum Gasteiger partial charge on any atom is -0.497 e. The lowest BCUT2D eigenvalue weighted by Crippen LogP contribution is -2.27. The van der Waals surface area contributed by atoms with Gasteiger partial charge in [0.05, 0.1) is 13.2 Å². The molecule has 18 heavy (non-hydrogen) atoms. The Kier molecular flexibility index (Phi) is 6.76. The molecule has 0 bridgehead atoms. The van der Waals surface area contributed by atoms with Crippen LogP contribution in [0.3, 0.4) is 0 Å². The molecule has 0 radical (unpaired) electrons. The Morgan fingerprint density at radius 2 is 2.00 bits per heavy atom. The second-order valence-electron chi connectivity index (χ2n) is 4.53. The monoisotopic (exact) mass is 251 g/mol. The SMILES string of the molecule is CCN(CC)CCC(O)Cc1cccc(OC)c1. The number of hydrogen-bond donors (Lipinski definition) is 1. The maximum absolute atomic E-state index is 10.0. The van der Waals surface area contributed by atoms with Gasteiger partial charge in [-0.3, -0.25) is 0 Å². The largest absolute Gasteiger partial charge is 0.497 e. The van der Waals surface area contributed by atoms with Crippen LogP contribution in [0.4, 0.5) is 0 Å². The number of nitrogens with zero attached hydrogens (tertiary/aromatic N) is 1. The zero-order chi connectivity index (χ0) is 13.4. The van der Waals surface area contributed by atoms with Gasteiger partial charge in [-0.1, -0.05) is 26.0 Å². The lowest BCUT2D eigenvalue weighted by atomic mass is 10.1. The van der Waals surface area contributed by atoms with Crippen molar-refractivity contribution in [3.63, 3.8) is 0 Å². The third-order valence-corrected chi connectivity index (χ3v) is 3.28. The van der Waals surface area contributed by atoms with Gasteiger partial charge in [-0.05, 0) is 43.6 Å². The predicted molar refractivity (Wildman–Crippen MR) is 75.1 cm³/mol. The molecule has 0 saturated heterocycles. The Morgan fingerprint density at radius 3 is 2.61 bits per heavy atom. The van der Waals surface area contributed by atoms with E-state index in [0.717, 1.165) is 37.4 Å². The van der Waals surface area contributed by atoms with E-state index in [-0.39, 0.29) is 6.10 Å². The molecule has 3 heteroatoms. The Morgan fingerprint density at radius 1 is 1.28 bits per heavy atom. The fourth-order valence-corrected chi connectivity index (χ4v) is 2.05. The Hall–Kier alpha value is -1.06. The Labute approximate surface area is 110 Å². The molecule has 0 aliphatic rings. The maximum Gasteiger partial charge on any atom is 0.119 e. The third-order valence-electron chi connectivity index (χ3n) is 3.28. The average Bonchev–Trinajstić information content (AvgIpc) is 2.40. The second kappa shape index (κ2) is 8.11. The predicted octanol–water partition coefficient (Wildman–Crippen LogP) is 2.33. The highest BCUT2D eigenvalue weighted by molar-refractivity contribution is 5.28. The third kappa shape index (κ3) is 5.07. The minimum absolute atomic E-state index is 0.280. The summed E-state index contributed by atoms with van der Waals surface area (Å²) >= 11 is 0. The molecule has 0 aliphatic heterocycles. The normalized spacial score (nSPS) is 12.7. The summed E-state index contributed by atoms with van der Waals surface area (Å²) in [6.07, 6.45) is 1.23. The van der Waals surface area contributed by atoms with Crippen LogP contribution in [0.25, 0.3) is 0 Å². The van der Waals surface area contributed by atoms with Gasteiger partial charge in [0.15, 0.2) is 0 Å². The van der Waals surface area contributed by atoms with Crippen molar-refractivity contribution < 1.29 is 9.84 Å². The molecule has 0 aromatic heterocycles. The highest BCUT2D eigenvalue weighted by Crippen LogP contribution is 2.14. The Bertz CT molecular complexity index is 337. The van der Waals surface area contributed by atoms with Gasteiger partial charge in [0.1, 0.15) is 5.75 Å². The molecule has 1 aromatic carbocycles. The molecular formula is C15H25NO2. The number of benzene rings is 1. The van der Waals surface area contributed by atoms with Gasteiger partial charge in [-0.15, -0.1) is 0 Å². The topological polar surface area (TPSA) is 32.7 Å². The van der Waals surface area contributed by atoms with Crippen LogP contribution in [-0.4, -0.2) is 42.9 Å². The van der Waals surface area contributed by atoms with E-state index >= 15 is 0 Å². The van der Waals surface area contributed by atoms with E-state index < -0.39 is 0 Å². The van der Waals surface area contributed by atoms with E-state index in [2.05, 4.69) is 18.7 Å². The van der Waals surface area contributed by atoms with Crippen molar-refractivity contribution in [3.05, 3.63) is 29.8 Å². The summed E-state index contributed by atoms with van der Waals surface area (Å²) in [5.74, 6) is 0.850. The molecule has 1 aromatic rings. The van der Waals surface area contributed by atoms with Gasteiger partial charge in [-0.25, -0.2) is 0 Å². The van der Waals surface area contributed by atoms with Gasteiger partial charge in [0, 0.05) is 6.54 Å². The molecule has 0 saturated carbocycles. The van der Waals surface area contributed by atoms with Gasteiger partial charge in [-0.2, -0.15) is 0 Å². The number of ether oxygens (including phenoxy) is 1. The van der Waals surface area contributed by atoms with Gasteiger partial charge < -0.3 is 14.7 Å². The molecule has 0 aliphatic carbocycles. The van der Waals surface area contributed by atoms with Crippen molar-refractivity contribution in [2.75, 3.05) is 26.7 Å². The fourth-order valence-electron chi connectivity index (χ4n) is 2.05. The number of hydrogen-bond acceptors (Lipinski definition) is 3. The lowest BCUT2D eigenvalue weighted by molar-refractivity contribution is 0.143. The van der Waals surface area contributed by atoms with Crippen LogP contribution in [0.2, 0.25) is 0 Å². The van der Waals surface area contributed by atoms with E-state index in [4.69, 9.17) is 4.74 Å². The maximum atomic E-state index is 10.0. The van der Waals surface area contributed by atoms with Crippen molar-refractivity contribution in [2.45, 2.75) is 32.8 Å². The van der Waals surface area contributed by atoms with Crippen LogP contribution >= 0.6 is 0 Å². The highest BCUT2D eigenvalue weighted by atomic mass is 16.5. The molecule has 0 fully saturated rings. The summed E-state index contributed by atoms with van der Waals surface area (Å²) in [6.45, 7) is 7.35. The molecule has 0 spiro atoms. The zero-order valence-corrected chi connectivity index (χ0v) is 11.7. The van der Waals surface area contributed by atoms with Crippen molar-refractivity contribution in [1.29, 1.82) is 0 Å². The van der Waals surface area contributed by atoms with Crippen molar-refractivity contribution in [2.24, 2.45) is 0 Å². The summed E-state index contributed by atoms with van der Waals surface area (Å²) in [6, 6.07) is 7.90. The molecular weight excluding hydrogens is 226 g/mol. The minimum atomic E-state index is -0.280. The van der Waals surface area contributed by atoms with Gasteiger partial charge in [0.25, 0.3) is 0 Å².